The van der Waals surface area contributed by atoms with Crippen molar-refractivity contribution in [1.29, 1.82) is 0 Å². The molecule has 0 aromatic heterocycles. The van der Waals surface area contributed by atoms with Gasteiger partial charge in [0.25, 0.3) is 0 Å². The van der Waals surface area contributed by atoms with Crippen molar-refractivity contribution in [2.45, 2.75) is 29.4 Å². The molecule has 0 saturated carbocycles. The van der Waals surface area contributed by atoms with Crippen molar-refractivity contribution < 1.29 is 16.8 Å². The fourth-order valence-corrected chi connectivity index (χ4v) is 5.87. The van der Waals surface area contributed by atoms with Crippen LogP contribution in [0, 0.1) is 13.8 Å². The van der Waals surface area contributed by atoms with E-state index in [2.05, 4.69) is 6.07 Å². The Morgan fingerprint density at radius 2 is 1.45 bits per heavy atom. The molecular formula is C22H21ClO4S2. The highest BCUT2D eigenvalue weighted by atomic mass is 35.5. The van der Waals surface area contributed by atoms with Gasteiger partial charge in [0.15, 0.2) is 19.7 Å². The van der Waals surface area contributed by atoms with Crippen LogP contribution in [0.3, 0.4) is 0 Å². The monoisotopic (exact) mass is 448 g/mol. The molecule has 0 atom stereocenters. The Balaban J connectivity index is 1.96. The summed E-state index contributed by atoms with van der Waals surface area (Å²) in [6, 6.07) is 16.9. The molecular weight excluding hydrogens is 428 g/mol. The van der Waals surface area contributed by atoms with Crippen molar-refractivity contribution >= 4 is 31.3 Å². The Kier molecular flexibility index (Phi) is 5.90. The molecule has 0 bridgehead atoms. The minimum atomic E-state index is -3.75. The normalized spacial score (nSPS) is 12.1. The van der Waals surface area contributed by atoms with E-state index in [0.29, 0.717) is 5.56 Å². The van der Waals surface area contributed by atoms with Gasteiger partial charge in [-0.2, -0.15) is 0 Å². The van der Waals surface area contributed by atoms with Gasteiger partial charge < -0.3 is 0 Å². The summed E-state index contributed by atoms with van der Waals surface area (Å²) in [5.41, 5.74) is 4.41. The zero-order valence-corrected chi connectivity index (χ0v) is 18.7. The summed E-state index contributed by atoms with van der Waals surface area (Å²) < 4.78 is 49.3. The number of hydrogen-bond donors (Lipinski definition) is 0. The largest absolute Gasteiger partial charge is 0.224 e. The molecule has 0 saturated heterocycles. The first-order valence-electron chi connectivity index (χ1n) is 8.86. The van der Waals surface area contributed by atoms with Crippen molar-refractivity contribution in [2.24, 2.45) is 0 Å². The van der Waals surface area contributed by atoms with Crippen LogP contribution in [0.4, 0.5) is 0 Å². The van der Waals surface area contributed by atoms with Gasteiger partial charge >= 0.3 is 0 Å². The third kappa shape index (κ3) is 5.07. The lowest BCUT2D eigenvalue weighted by molar-refractivity contribution is 0.594. The van der Waals surface area contributed by atoms with Crippen LogP contribution in [-0.4, -0.2) is 23.1 Å². The van der Waals surface area contributed by atoms with Gasteiger partial charge in [0.05, 0.1) is 20.6 Å². The van der Waals surface area contributed by atoms with Gasteiger partial charge in [-0.15, -0.1) is 0 Å². The molecule has 7 heteroatoms. The molecule has 0 aliphatic rings. The molecule has 0 heterocycles. The van der Waals surface area contributed by atoms with Crippen LogP contribution < -0.4 is 0 Å². The maximum absolute atomic E-state index is 12.9. The van der Waals surface area contributed by atoms with Crippen molar-refractivity contribution in [3.05, 3.63) is 82.4 Å². The Hall–Kier alpha value is -2.15. The van der Waals surface area contributed by atoms with Crippen LogP contribution in [0.25, 0.3) is 11.1 Å². The smallest absolute Gasteiger partial charge is 0.183 e. The summed E-state index contributed by atoms with van der Waals surface area (Å²) in [6.45, 7) is 4.00. The van der Waals surface area contributed by atoms with E-state index in [-0.39, 0.29) is 20.6 Å². The van der Waals surface area contributed by atoms with E-state index in [4.69, 9.17) is 11.6 Å². The van der Waals surface area contributed by atoms with E-state index in [1.54, 1.807) is 18.2 Å². The standard InChI is InChI=1S/C22H21ClO4S2/c1-15-9-16(2)11-19(10-15)18-7-8-22(21(23)13-18)29(26,27)14-17-5-4-6-20(12-17)28(3,24)25/h4-13H,14H2,1-3H3. The van der Waals surface area contributed by atoms with Gasteiger partial charge in [-0.3, -0.25) is 0 Å². The zero-order valence-electron chi connectivity index (χ0n) is 16.3. The quantitative estimate of drug-likeness (QED) is 0.550. The van der Waals surface area contributed by atoms with Crippen molar-refractivity contribution in [2.75, 3.05) is 6.26 Å². The molecule has 3 aromatic carbocycles. The highest BCUT2D eigenvalue weighted by Gasteiger charge is 2.20. The summed E-state index contributed by atoms with van der Waals surface area (Å²) in [5, 5.41) is 0.140. The van der Waals surface area contributed by atoms with E-state index in [1.807, 2.05) is 26.0 Å². The Bertz CT molecular complexity index is 1270. The Morgan fingerprint density at radius 1 is 0.793 bits per heavy atom. The van der Waals surface area contributed by atoms with Crippen molar-refractivity contribution in [1.82, 2.24) is 0 Å². The Labute approximate surface area is 177 Å². The lowest BCUT2D eigenvalue weighted by Crippen LogP contribution is -2.07. The second-order valence-corrected chi connectivity index (χ2v) is 11.6. The Morgan fingerprint density at radius 3 is 2.03 bits per heavy atom. The average Bonchev–Trinajstić information content (AvgIpc) is 2.59. The molecule has 0 fully saturated rings. The van der Waals surface area contributed by atoms with Gasteiger partial charge in [-0.1, -0.05) is 59.1 Å². The first-order chi connectivity index (χ1) is 13.5. The van der Waals surface area contributed by atoms with Gasteiger partial charge in [0, 0.05) is 6.26 Å². The highest BCUT2D eigenvalue weighted by Crippen LogP contribution is 2.31. The molecule has 4 nitrogen and oxygen atoms in total. The molecule has 0 unspecified atom stereocenters. The third-order valence-electron chi connectivity index (χ3n) is 4.51. The number of benzene rings is 3. The molecule has 29 heavy (non-hydrogen) atoms. The number of sulfone groups is 2. The summed E-state index contributed by atoms with van der Waals surface area (Å²) in [4.78, 5) is 0.110. The molecule has 0 radical (unpaired) electrons. The van der Waals surface area contributed by atoms with E-state index in [1.165, 1.54) is 24.3 Å². The van der Waals surface area contributed by atoms with Gasteiger partial charge in [0.2, 0.25) is 0 Å². The van der Waals surface area contributed by atoms with Gasteiger partial charge in [-0.25, -0.2) is 16.8 Å². The predicted octanol–water partition coefficient (Wildman–Crippen LogP) is 5.00. The molecule has 0 amide bonds. The molecule has 3 rings (SSSR count). The first-order valence-corrected chi connectivity index (χ1v) is 12.8. The number of rotatable bonds is 5. The summed E-state index contributed by atoms with van der Waals surface area (Å²) in [6.07, 6.45) is 1.09. The number of halogens is 1. The van der Waals surface area contributed by atoms with E-state index in [9.17, 15) is 16.8 Å². The minimum Gasteiger partial charge on any atom is -0.224 e. The van der Waals surface area contributed by atoms with Crippen LogP contribution in [0.2, 0.25) is 5.02 Å². The van der Waals surface area contributed by atoms with Crippen molar-refractivity contribution in [3.63, 3.8) is 0 Å². The summed E-state index contributed by atoms with van der Waals surface area (Å²) in [5.74, 6) is -0.334. The van der Waals surface area contributed by atoms with Gasteiger partial charge in [0.1, 0.15) is 0 Å². The average molecular weight is 449 g/mol. The van der Waals surface area contributed by atoms with Crippen LogP contribution >= 0.6 is 11.6 Å². The number of hydrogen-bond acceptors (Lipinski definition) is 4. The fourth-order valence-electron chi connectivity index (χ4n) is 3.24. The SMILES string of the molecule is Cc1cc(C)cc(-c2ccc(S(=O)(=O)Cc3cccc(S(C)(=O)=O)c3)c(Cl)c2)c1. The second-order valence-electron chi connectivity index (χ2n) is 7.20. The molecule has 0 aliphatic heterocycles. The maximum atomic E-state index is 12.9. The molecule has 152 valence electrons. The van der Waals surface area contributed by atoms with E-state index < -0.39 is 19.7 Å². The number of aryl methyl sites for hydroxylation is 2. The second kappa shape index (κ2) is 7.94. The molecule has 0 N–H and O–H groups in total. The van der Waals surface area contributed by atoms with E-state index >= 15 is 0 Å². The molecule has 0 aliphatic carbocycles. The van der Waals surface area contributed by atoms with E-state index in [0.717, 1.165) is 28.5 Å². The van der Waals surface area contributed by atoms with Crippen LogP contribution in [0.5, 0.6) is 0 Å². The first kappa shape index (κ1) is 21.6. The third-order valence-corrected chi connectivity index (χ3v) is 7.78. The lowest BCUT2D eigenvalue weighted by atomic mass is 10.0. The van der Waals surface area contributed by atoms with Crippen LogP contribution in [0.15, 0.2) is 70.5 Å². The maximum Gasteiger partial charge on any atom is 0.183 e. The van der Waals surface area contributed by atoms with Crippen LogP contribution in [0.1, 0.15) is 16.7 Å². The van der Waals surface area contributed by atoms with Crippen LogP contribution in [-0.2, 0) is 25.4 Å². The zero-order chi connectivity index (χ0) is 21.4. The summed E-state index contributed by atoms with van der Waals surface area (Å²) in [7, 11) is -7.17. The lowest BCUT2D eigenvalue weighted by Gasteiger charge is -2.11. The molecule has 3 aromatic rings. The minimum absolute atomic E-state index is 0.0250. The van der Waals surface area contributed by atoms with Gasteiger partial charge in [-0.05, 0) is 54.8 Å². The topological polar surface area (TPSA) is 68.3 Å². The highest BCUT2D eigenvalue weighted by molar-refractivity contribution is 7.91. The predicted molar refractivity (Wildman–Crippen MR) is 117 cm³/mol. The van der Waals surface area contributed by atoms with Crippen molar-refractivity contribution in [3.8, 4) is 11.1 Å². The fraction of sp³-hybridized carbons (Fsp3) is 0.182. The molecule has 0 spiro atoms. The summed E-state index contributed by atoms with van der Waals surface area (Å²) >= 11 is 6.34.